The van der Waals surface area contributed by atoms with Crippen LogP contribution in [0, 0.1) is 5.92 Å². The number of carbonyl (C=O) groups is 2. The summed E-state index contributed by atoms with van der Waals surface area (Å²) in [6.45, 7) is 3.90. The van der Waals surface area contributed by atoms with E-state index in [0.29, 0.717) is 26.2 Å². The number of ether oxygens (including phenoxy) is 1. The summed E-state index contributed by atoms with van der Waals surface area (Å²) in [7, 11) is 0. The molecule has 1 heterocycles. The Hall–Kier alpha value is -1.56. The van der Waals surface area contributed by atoms with E-state index in [2.05, 4.69) is 21.2 Å². The third-order valence-electron chi connectivity index (χ3n) is 3.91. The van der Waals surface area contributed by atoms with E-state index < -0.39 is 0 Å². The molecule has 1 fully saturated rings. The summed E-state index contributed by atoms with van der Waals surface area (Å²) >= 11 is 3.44. The predicted molar refractivity (Wildman–Crippen MR) is 92.2 cm³/mol. The summed E-state index contributed by atoms with van der Waals surface area (Å²) in [4.78, 5) is 25.8. The Morgan fingerprint density at radius 1 is 1.43 bits per heavy atom. The van der Waals surface area contributed by atoms with Crippen LogP contribution in [0.1, 0.15) is 25.3 Å². The van der Waals surface area contributed by atoms with Gasteiger partial charge in [0.25, 0.3) is 0 Å². The molecule has 2 amide bonds. The summed E-state index contributed by atoms with van der Waals surface area (Å²) in [6, 6.07) is 7.94. The number of rotatable bonds is 5. The number of hydrogen-bond acceptors (Lipinski definition) is 3. The second kappa shape index (κ2) is 8.91. The molecule has 1 unspecified atom stereocenters. The van der Waals surface area contributed by atoms with Crippen LogP contribution in [0.2, 0.25) is 0 Å². The molecular weight excluding hydrogens is 360 g/mol. The van der Waals surface area contributed by atoms with Gasteiger partial charge in [-0.1, -0.05) is 28.1 Å². The molecule has 1 N–H and O–H groups in total. The van der Waals surface area contributed by atoms with Gasteiger partial charge in [0.2, 0.25) is 0 Å². The largest absolute Gasteiger partial charge is 0.466 e. The number of benzene rings is 1. The van der Waals surface area contributed by atoms with E-state index in [9.17, 15) is 9.59 Å². The van der Waals surface area contributed by atoms with E-state index in [1.54, 1.807) is 11.8 Å². The predicted octanol–water partition coefficient (Wildman–Crippen LogP) is 2.98. The average Bonchev–Trinajstić information content (AvgIpc) is 2.55. The molecule has 0 aliphatic carbocycles. The molecule has 0 radical (unpaired) electrons. The second-order valence-electron chi connectivity index (χ2n) is 5.65. The molecule has 1 aliphatic heterocycles. The zero-order valence-electron chi connectivity index (χ0n) is 13.4. The number of halogens is 1. The molecule has 1 aliphatic rings. The van der Waals surface area contributed by atoms with E-state index in [1.807, 2.05) is 24.3 Å². The molecule has 1 aromatic rings. The third-order valence-corrected chi connectivity index (χ3v) is 4.40. The minimum atomic E-state index is -0.195. The van der Waals surface area contributed by atoms with Crippen molar-refractivity contribution in [3.05, 3.63) is 34.3 Å². The zero-order chi connectivity index (χ0) is 16.7. The monoisotopic (exact) mass is 382 g/mol. The number of likely N-dealkylation sites (tertiary alicyclic amines) is 1. The summed E-state index contributed by atoms with van der Waals surface area (Å²) in [5.41, 5.74) is 1.17. The van der Waals surface area contributed by atoms with Crippen molar-refractivity contribution in [2.45, 2.75) is 26.2 Å². The maximum Gasteiger partial charge on any atom is 0.317 e. The fraction of sp³-hybridized carbons (Fsp3) is 0.529. The van der Waals surface area contributed by atoms with Crippen molar-refractivity contribution in [1.82, 2.24) is 10.2 Å². The SMILES string of the molecule is CCOC(=O)C1CCCN(C(=O)NCCc2cccc(Br)c2)C1. The normalized spacial score (nSPS) is 17.7. The number of hydrogen-bond donors (Lipinski definition) is 1. The number of amides is 2. The van der Waals surface area contributed by atoms with E-state index in [4.69, 9.17) is 4.74 Å². The first-order valence-corrected chi connectivity index (χ1v) is 8.83. The number of urea groups is 1. The van der Waals surface area contributed by atoms with Crippen LogP contribution in [-0.2, 0) is 16.0 Å². The van der Waals surface area contributed by atoms with Crippen LogP contribution >= 0.6 is 15.9 Å². The summed E-state index contributed by atoms with van der Waals surface area (Å²) < 4.78 is 6.09. The van der Waals surface area contributed by atoms with Crippen LogP contribution in [-0.4, -0.2) is 43.1 Å². The van der Waals surface area contributed by atoms with Crippen molar-refractivity contribution < 1.29 is 14.3 Å². The highest BCUT2D eigenvalue weighted by atomic mass is 79.9. The number of nitrogens with zero attached hydrogens (tertiary/aromatic N) is 1. The van der Waals surface area contributed by atoms with E-state index >= 15 is 0 Å². The lowest BCUT2D eigenvalue weighted by atomic mass is 9.98. The highest BCUT2D eigenvalue weighted by Gasteiger charge is 2.29. The summed E-state index contributed by atoms with van der Waals surface area (Å²) in [6.07, 6.45) is 2.41. The second-order valence-corrected chi connectivity index (χ2v) is 6.56. The maximum absolute atomic E-state index is 12.2. The van der Waals surface area contributed by atoms with Gasteiger partial charge in [0, 0.05) is 24.1 Å². The number of carbonyl (C=O) groups excluding carboxylic acids is 2. The molecule has 6 heteroatoms. The van der Waals surface area contributed by atoms with Gasteiger partial charge in [-0.25, -0.2) is 4.79 Å². The lowest BCUT2D eigenvalue weighted by molar-refractivity contribution is -0.149. The Labute approximate surface area is 145 Å². The van der Waals surface area contributed by atoms with Crippen molar-refractivity contribution in [2.75, 3.05) is 26.2 Å². The third kappa shape index (κ3) is 5.53. The summed E-state index contributed by atoms with van der Waals surface area (Å²) in [5, 5.41) is 2.93. The molecular formula is C17H23BrN2O3. The number of nitrogens with one attached hydrogen (secondary N) is 1. The van der Waals surface area contributed by atoms with Gasteiger partial charge in [0.1, 0.15) is 0 Å². The maximum atomic E-state index is 12.2. The Balaban J connectivity index is 1.77. The van der Waals surface area contributed by atoms with Crippen LogP contribution in [0.3, 0.4) is 0 Å². The van der Waals surface area contributed by atoms with Crippen molar-refractivity contribution >= 4 is 27.9 Å². The molecule has 23 heavy (non-hydrogen) atoms. The highest BCUT2D eigenvalue weighted by molar-refractivity contribution is 9.10. The molecule has 0 spiro atoms. The van der Waals surface area contributed by atoms with E-state index in [1.165, 1.54) is 5.56 Å². The smallest absolute Gasteiger partial charge is 0.317 e. The van der Waals surface area contributed by atoms with Gasteiger partial charge < -0.3 is 15.0 Å². The fourth-order valence-corrected chi connectivity index (χ4v) is 3.18. The average molecular weight is 383 g/mol. The molecule has 0 bridgehead atoms. The molecule has 126 valence electrons. The molecule has 0 aromatic heterocycles. The molecule has 5 nitrogen and oxygen atoms in total. The van der Waals surface area contributed by atoms with Gasteiger partial charge in [-0.3, -0.25) is 4.79 Å². The minimum absolute atomic E-state index is 0.103. The van der Waals surface area contributed by atoms with Gasteiger partial charge in [0.15, 0.2) is 0 Å². The van der Waals surface area contributed by atoms with Crippen molar-refractivity contribution in [3.8, 4) is 0 Å². The van der Waals surface area contributed by atoms with Crippen LogP contribution in [0.4, 0.5) is 4.79 Å². The Morgan fingerprint density at radius 2 is 2.26 bits per heavy atom. The van der Waals surface area contributed by atoms with Crippen LogP contribution in [0.25, 0.3) is 0 Å². The van der Waals surface area contributed by atoms with Crippen LogP contribution in [0.15, 0.2) is 28.7 Å². The molecule has 2 rings (SSSR count). The zero-order valence-corrected chi connectivity index (χ0v) is 15.0. The van der Waals surface area contributed by atoms with Gasteiger partial charge in [0.05, 0.1) is 12.5 Å². The number of esters is 1. The van der Waals surface area contributed by atoms with Crippen LogP contribution < -0.4 is 5.32 Å². The Bertz CT molecular complexity index is 550. The Kier molecular flexibility index (Phi) is 6.89. The quantitative estimate of drug-likeness (QED) is 0.796. The molecule has 1 atom stereocenters. The first-order chi connectivity index (χ1) is 11.1. The molecule has 0 saturated carbocycles. The van der Waals surface area contributed by atoms with Crippen LogP contribution in [0.5, 0.6) is 0 Å². The van der Waals surface area contributed by atoms with Crippen molar-refractivity contribution in [2.24, 2.45) is 5.92 Å². The topological polar surface area (TPSA) is 58.6 Å². The molecule has 1 saturated heterocycles. The van der Waals surface area contributed by atoms with E-state index in [0.717, 1.165) is 23.7 Å². The number of piperidine rings is 1. The first-order valence-electron chi connectivity index (χ1n) is 8.04. The standard InChI is InChI=1S/C17H23BrN2O3/c1-2-23-16(21)14-6-4-10-20(12-14)17(22)19-9-8-13-5-3-7-15(18)11-13/h3,5,7,11,14H,2,4,6,8-10,12H2,1H3,(H,19,22). The lowest BCUT2D eigenvalue weighted by Crippen LogP contribution is -2.47. The van der Waals surface area contributed by atoms with Crippen molar-refractivity contribution in [3.63, 3.8) is 0 Å². The van der Waals surface area contributed by atoms with Gasteiger partial charge in [-0.05, 0) is 43.9 Å². The van der Waals surface area contributed by atoms with Gasteiger partial charge >= 0.3 is 12.0 Å². The summed E-state index contributed by atoms with van der Waals surface area (Å²) in [5.74, 6) is -0.390. The highest BCUT2D eigenvalue weighted by Crippen LogP contribution is 2.18. The minimum Gasteiger partial charge on any atom is -0.466 e. The lowest BCUT2D eigenvalue weighted by Gasteiger charge is -2.31. The molecule has 1 aromatic carbocycles. The first kappa shape index (κ1) is 17.8. The van der Waals surface area contributed by atoms with Gasteiger partial charge in [-0.15, -0.1) is 0 Å². The van der Waals surface area contributed by atoms with E-state index in [-0.39, 0.29) is 17.9 Å². The fourth-order valence-electron chi connectivity index (χ4n) is 2.73. The Morgan fingerprint density at radius 3 is 3.00 bits per heavy atom. The van der Waals surface area contributed by atoms with Crippen molar-refractivity contribution in [1.29, 1.82) is 0 Å². The van der Waals surface area contributed by atoms with Gasteiger partial charge in [-0.2, -0.15) is 0 Å².